The smallest absolute Gasteiger partial charge is 0.303 e. The van der Waals surface area contributed by atoms with Crippen LogP contribution in [-0.4, -0.2) is 41.6 Å². The van der Waals surface area contributed by atoms with Gasteiger partial charge in [-0.15, -0.1) is 0 Å². The Morgan fingerprint density at radius 3 is 2.66 bits per heavy atom. The molecule has 3 aromatic carbocycles. The van der Waals surface area contributed by atoms with Crippen molar-refractivity contribution in [2.24, 2.45) is 0 Å². The standard InChI is InChI=1S/C29H26F2N4O5S/c1-29(38,17-5-3-4-16(12-17)6-9-25(36)37)24-15-34-28(35-24)20-13-18(7-8-21(20)30)40-26-22(31)14-23-19(10-11-33-23)27(26)41(2,32)39/h3-5,7-8,10-15,32-33,38H,6,9H2,1-2H3,(H,34,35)(H,36,37). The van der Waals surface area contributed by atoms with Gasteiger partial charge in [-0.25, -0.2) is 22.8 Å². The number of nitrogens with zero attached hydrogens (tertiary/aromatic N) is 1. The fourth-order valence-corrected chi connectivity index (χ4v) is 5.70. The lowest BCUT2D eigenvalue weighted by Gasteiger charge is -2.23. The highest BCUT2D eigenvalue weighted by Crippen LogP contribution is 2.39. The van der Waals surface area contributed by atoms with Crippen molar-refractivity contribution in [2.45, 2.75) is 30.3 Å². The van der Waals surface area contributed by atoms with Crippen LogP contribution in [0.1, 0.15) is 30.2 Å². The highest BCUT2D eigenvalue weighted by Gasteiger charge is 2.29. The average molecular weight is 581 g/mol. The van der Waals surface area contributed by atoms with Crippen molar-refractivity contribution in [3.8, 4) is 22.9 Å². The number of benzene rings is 3. The number of nitrogens with one attached hydrogen (secondary N) is 3. The van der Waals surface area contributed by atoms with Gasteiger partial charge in [0.1, 0.15) is 27.9 Å². The van der Waals surface area contributed by atoms with Crippen LogP contribution < -0.4 is 4.74 Å². The van der Waals surface area contributed by atoms with E-state index in [1.807, 2.05) is 0 Å². The van der Waals surface area contributed by atoms with E-state index in [1.165, 1.54) is 37.5 Å². The Kier molecular flexibility index (Phi) is 7.14. The predicted octanol–water partition coefficient (Wildman–Crippen LogP) is 5.94. The summed E-state index contributed by atoms with van der Waals surface area (Å²) in [5, 5.41) is 20.7. The first-order chi connectivity index (χ1) is 19.3. The third-order valence-electron chi connectivity index (χ3n) is 6.74. The molecule has 9 nitrogen and oxygen atoms in total. The van der Waals surface area contributed by atoms with E-state index in [1.54, 1.807) is 30.3 Å². The normalized spacial score (nSPS) is 14.5. The van der Waals surface area contributed by atoms with E-state index in [0.29, 0.717) is 16.5 Å². The fourth-order valence-electron chi connectivity index (χ4n) is 4.61. The number of hydrogen-bond acceptors (Lipinski definition) is 6. The first-order valence-electron chi connectivity index (χ1n) is 12.4. The monoisotopic (exact) mass is 580 g/mol. The van der Waals surface area contributed by atoms with Crippen LogP contribution in [0.3, 0.4) is 0 Å². The Balaban J connectivity index is 1.48. The molecule has 2 heterocycles. The predicted molar refractivity (Wildman–Crippen MR) is 148 cm³/mol. The van der Waals surface area contributed by atoms with Gasteiger partial charge in [-0.05, 0) is 48.7 Å². The number of aromatic nitrogens is 3. The number of rotatable bonds is 9. The molecule has 5 N–H and O–H groups in total. The largest absolute Gasteiger partial charge is 0.481 e. The van der Waals surface area contributed by atoms with Gasteiger partial charge in [0.2, 0.25) is 0 Å². The van der Waals surface area contributed by atoms with Crippen molar-refractivity contribution >= 4 is 26.6 Å². The van der Waals surface area contributed by atoms with Crippen LogP contribution in [-0.2, 0) is 26.5 Å². The summed E-state index contributed by atoms with van der Waals surface area (Å²) in [5.41, 5.74) is 0.208. The van der Waals surface area contributed by atoms with Crippen LogP contribution in [0, 0.1) is 16.4 Å². The van der Waals surface area contributed by atoms with E-state index in [2.05, 4.69) is 15.0 Å². The second kappa shape index (κ2) is 10.5. The maximum Gasteiger partial charge on any atom is 0.303 e. The molecule has 0 bridgehead atoms. The van der Waals surface area contributed by atoms with Gasteiger partial charge in [-0.3, -0.25) is 4.79 Å². The van der Waals surface area contributed by atoms with Crippen molar-refractivity contribution in [1.82, 2.24) is 15.0 Å². The minimum atomic E-state index is -3.43. The molecule has 2 unspecified atom stereocenters. The van der Waals surface area contributed by atoms with Crippen LogP contribution in [0.5, 0.6) is 11.5 Å². The van der Waals surface area contributed by atoms with Crippen molar-refractivity contribution in [3.63, 3.8) is 0 Å². The van der Waals surface area contributed by atoms with E-state index >= 15 is 4.39 Å². The summed E-state index contributed by atoms with van der Waals surface area (Å²) < 4.78 is 56.7. The molecule has 2 atom stereocenters. The Hall–Kier alpha value is -4.55. The van der Waals surface area contributed by atoms with Gasteiger partial charge in [0.15, 0.2) is 11.6 Å². The fraction of sp³-hybridized carbons (Fsp3) is 0.172. The zero-order valence-corrected chi connectivity index (χ0v) is 22.8. The number of aliphatic hydroxyl groups is 1. The molecule has 0 saturated heterocycles. The molecule has 12 heteroatoms. The Morgan fingerprint density at radius 1 is 1.15 bits per heavy atom. The van der Waals surface area contributed by atoms with Crippen molar-refractivity contribution < 1.29 is 32.7 Å². The summed E-state index contributed by atoms with van der Waals surface area (Å²) in [5.74, 6) is -2.77. The number of carboxylic acid groups (broad SMARTS) is 1. The number of H-pyrrole nitrogens is 2. The summed E-state index contributed by atoms with van der Waals surface area (Å²) in [4.78, 5) is 20.8. The molecule has 0 saturated carbocycles. The zero-order valence-electron chi connectivity index (χ0n) is 22.0. The number of carboxylic acids is 1. The van der Waals surface area contributed by atoms with E-state index in [4.69, 9.17) is 14.6 Å². The maximum atomic E-state index is 15.1. The summed E-state index contributed by atoms with van der Waals surface area (Å²) in [6.45, 7) is 1.53. The molecule has 0 spiro atoms. The third kappa shape index (κ3) is 5.56. The van der Waals surface area contributed by atoms with Crippen LogP contribution in [0.2, 0.25) is 0 Å². The number of aliphatic carboxylic acids is 1. The minimum Gasteiger partial charge on any atom is -0.481 e. The van der Waals surface area contributed by atoms with Gasteiger partial charge in [0, 0.05) is 35.8 Å². The topological polar surface area (TPSA) is 152 Å². The van der Waals surface area contributed by atoms with E-state index < -0.39 is 38.7 Å². The van der Waals surface area contributed by atoms with Crippen LogP contribution in [0.15, 0.2) is 71.9 Å². The van der Waals surface area contributed by atoms with Crippen molar-refractivity contribution in [3.05, 3.63) is 95.4 Å². The van der Waals surface area contributed by atoms with E-state index in [0.717, 1.165) is 17.9 Å². The zero-order chi connectivity index (χ0) is 29.5. The summed E-state index contributed by atoms with van der Waals surface area (Å²) in [7, 11) is -3.43. The molecule has 0 fully saturated rings. The minimum absolute atomic E-state index is 0.0101. The lowest BCUT2D eigenvalue weighted by molar-refractivity contribution is -0.136. The van der Waals surface area contributed by atoms with Crippen molar-refractivity contribution in [1.29, 1.82) is 4.78 Å². The lowest BCUT2D eigenvalue weighted by Crippen LogP contribution is -2.23. The van der Waals surface area contributed by atoms with Crippen LogP contribution in [0.25, 0.3) is 22.3 Å². The Bertz CT molecular complexity index is 1900. The third-order valence-corrected chi connectivity index (χ3v) is 7.92. The van der Waals surface area contributed by atoms with Gasteiger partial charge >= 0.3 is 5.97 Å². The van der Waals surface area contributed by atoms with Crippen LogP contribution in [0.4, 0.5) is 8.78 Å². The van der Waals surface area contributed by atoms with Gasteiger partial charge in [0.05, 0.1) is 27.2 Å². The molecule has 5 aromatic rings. The Morgan fingerprint density at radius 2 is 1.93 bits per heavy atom. The molecule has 0 aliphatic rings. The summed E-state index contributed by atoms with van der Waals surface area (Å²) in [6, 6.07) is 13.3. The number of hydrogen-bond donors (Lipinski definition) is 5. The Labute approximate surface area is 233 Å². The first kappa shape index (κ1) is 28.0. The molecule has 0 aliphatic carbocycles. The molecule has 0 radical (unpaired) electrons. The number of fused-ring (bicyclic) bond motifs is 1. The summed E-state index contributed by atoms with van der Waals surface area (Å²) in [6.07, 6.45) is 4.29. The second-order valence-electron chi connectivity index (χ2n) is 9.85. The number of aryl methyl sites for hydroxylation is 1. The molecule has 0 aliphatic heterocycles. The molecular weight excluding hydrogens is 554 g/mol. The summed E-state index contributed by atoms with van der Waals surface area (Å²) >= 11 is 0. The number of ether oxygens (including phenoxy) is 1. The van der Waals surface area contributed by atoms with Crippen LogP contribution >= 0.6 is 0 Å². The number of halogens is 2. The number of imidazole rings is 1. The molecule has 0 amide bonds. The van der Waals surface area contributed by atoms with Gasteiger partial charge < -0.3 is 24.9 Å². The average Bonchev–Trinajstić information content (AvgIpc) is 3.58. The SMILES string of the molecule is CC(O)(c1cccc(CCC(=O)O)c1)c1cnc(-c2cc(Oc3c(F)cc4[nH]ccc4c3S(C)(=N)=O)ccc2F)[nH]1. The number of carbonyl (C=O) groups is 1. The van der Waals surface area contributed by atoms with Gasteiger partial charge in [0.25, 0.3) is 0 Å². The van der Waals surface area contributed by atoms with E-state index in [9.17, 15) is 18.5 Å². The van der Waals surface area contributed by atoms with Crippen molar-refractivity contribution in [2.75, 3.05) is 6.26 Å². The quantitative estimate of drug-likeness (QED) is 0.146. The molecule has 212 valence electrons. The molecule has 5 rings (SSSR count). The highest BCUT2D eigenvalue weighted by atomic mass is 32.2. The molecule has 2 aromatic heterocycles. The first-order valence-corrected chi connectivity index (χ1v) is 14.4. The van der Waals surface area contributed by atoms with Gasteiger partial charge in [-0.2, -0.15) is 0 Å². The highest BCUT2D eigenvalue weighted by molar-refractivity contribution is 7.92. The molecule has 41 heavy (non-hydrogen) atoms. The van der Waals surface area contributed by atoms with Gasteiger partial charge in [-0.1, -0.05) is 24.3 Å². The second-order valence-corrected chi connectivity index (χ2v) is 12.0. The maximum absolute atomic E-state index is 15.1. The number of aromatic amines is 2. The lowest BCUT2D eigenvalue weighted by atomic mass is 9.91. The molecular formula is C29H26F2N4O5S. The van der Waals surface area contributed by atoms with E-state index in [-0.39, 0.29) is 40.6 Å².